The van der Waals surface area contributed by atoms with E-state index in [1.54, 1.807) is 0 Å². The standard InChI is InChI=1S/C18H32N2/c1-5-8-16(9-6-2)18(19-12-7-3)13-17-11-10-15(4)14-20-17/h10-11,14,16,18-19H,5-9,12-13H2,1-4H3. The summed E-state index contributed by atoms with van der Waals surface area (Å²) >= 11 is 0. The van der Waals surface area contributed by atoms with Gasteiger partial charge in [0.2, 0.25) is 0 Å². The molecule has 2 nitrogen and oxygen atoms in total. The maximum absolute atomic E-state index is 4.59. The largest absolute Gasteiger partial charge is 0.313 e. The van der Waals surface area contributed by atoms with Crippen molar-refractivity contribution in [1.82, 2.24) is 10.3 Å². The molecule has 0 aliphatic heterocycles. The van der Waals surface area contributed by atoms with Crippen LogP contribution in [0.5, 0.6) is 0 Å². The molecule has 1 heterocycles. The Bertz CT molecular complexity index is 339. The zero-order valence-corrected chi connectivity index (χ0v) is 13.8. The van der Waals surface area contributed by atoms with Crippen LogP contribution in [-0.4, -0.2) is 17.6 Å². The van der Waals surface area contributed by atoms with Gasteiger partial charge in [-0.1, -0.05) is 39.7 Å². The molecule has 0 saturated carbocycles. The maximum atomic E-state index is 4.59. The number of hydrogen-bond donors (Lipinski definition) is 1. The zero-order chi connectivity index (χ0) is 14.8. The van der Waals surface area contributed by atoms with Crippen LogP contribution in [0.25, 0.3) is 0 Å². The molecule has 0 fully saturated rings. The van der Waals surface area contributed by atoms with Crippen molar-refractivity contribution < 1.29 is 0 Å². The Hall–Kier alpha value is -0.890. The highest BCUT2D eigenvalue weighted by Gasteiger charge is 2.20. The third-order valence-corrected chi connectivity index (χ3v) is 3.95. The van der Waals surface area contributed by atoms with Gasteiger partial charge in [-0.05, 0) is 50.3 Å². The normalized spacial score (nSPS) is 12.8. The summed E-state index contributed by atoms with van der Waals surface area (Å²) in [6.45, 7) is 10.0. The van der Waals surface area contributed by atoms with E-state index in [1.165, 1.54) is 43.4 Å². The second-order valence-corrected chi connectivity index (χ2v) is 5.93. The quantitative estimate of drug-likeness (QED) is 0.680. The molecule has 0 saturated heterocycles. The number of rotatable bonds is 10. The van der Waals surface area contributed by atoms with Gasteiger partial charge in [0.05, 0.1) is 0 Å². The molecule has 1 N–H and O–H groups in total. The van der Waals surface area contributed by atoms with Gasteiger partial charge in [-0.25, -0.2) is 0 Å². The van der Waals surface area contributed by atoms with Crippen LogP contribution in [0.2, 0.25) is 0 Å². The molecule has 1 atom stereocenters. The summed E-state index contributed by atoms with van der Waals surface area (Å²) in [6.07, 6.45) is 9.43. The van der Waals surface area contributed by atoms with Crippen molar-refractivity contribution in [2.45, 2.75) is 72.3 Å². The molecular weight excluding hydrogens is 244 g/mol. The van der Waals surface area contributed by atoms with Crippen molar-refractivity contribution in [3.05, 3.63) is 29.6 Å². The highest BCUT2D eigenvalue weighted by molar-refractivity contribution is 5.13. The van der Waals surface area contributed by atoms with E-state index in [-0.39, 0.29) is 0 Å². The van der Waals surface area contributed by atoms with Crippen LogP contribution in [0, 0.1) is 12.8 Å². The number of aromatic nitrogens is 1. The van der Waals surface area contributed by atoms with E-state index < -0.39 is 0 Å². The molecule has 114 valence electrons. The summed E-state index contributed by atoms with van der Waals surface area (Å²) < 4.78 is 0. The first-order chi connectivity index (χ1) is 9.71. The lowest BCUT2D eigenvalue weighted by Gasteiger charge is -2.28. The SMILES string of the molecule is CCCNC(Cc1ccc(C)cn1)C(CCC)CCC. The summed E-state index contributed by atoms with van der Waals surface area (Å²) in [6, 6.07) is 4.93. The fourth-order valence-electron chi connectivity index (χ4n) is 2.87. The van der Waals surface area contributed by atoms with Crippen LogP contribution in [0.1, 0.15) is 64.1 Å². The lowest BCUT2D eigenvalue weighted by molar-refractivity contribution is 0.307. The van der Waals surface area contributed by atoms with Crippen LogP contribution in [0.15, 0.2) is 18.3 Å². The highest BCUT2D eigenvalue weighted by atomic mass is 14.9. The minimum Gasteiger partial charge on any atom is -0.313 e. The van der Waals surface area contributed by atoms with Gasteiger partial charge in [0.1, 0.15) is 0 Å². The molecule has 1 unspecified atom stereocenters. The molecular formula is C18H32N2. The average molecular weight is 276 g/mol. The zero-order valence-electron chi connectivity index (χ0n) is 13.8. The van der Waals surface area contributed by atoms with Gasteiger partial charge in [0.15, 0.2) is 0 Å². The smallest absolute Gasteiger partial charge is 0.0419 e. The van der Waals surface area contributed by atoms with Crippen LogP contribution < -0.4 is 5.32 Å². The summed E-state index contributed by atoms with van der Waals surface area (Å²) in [4.78, 5) is 4.59. The summed E-state index contributed by atoms with van der Waals surface area (Å²) in [5.74, 6) is 0.777. The molecule has 1 aromatic heterocycles. The van der Waals surface area contributed by atoms with E-state index in [2.05, 4.69) is 50.1 Å². The predicted octanol–water partition coefficient (Wildman–Crippen LogP) is 4.52. The van der Waals surface area contributed by atoms with Gasteiger partial charge < -0.3 is 5.32 Å². The van der Waals surface area contributed by atoms with Gasteiger partial charge in [0.25, 0.3) is 0 Å². The van der Waals surface area contributed by atoms with Crippen molar-refractivity contribution in [3.8, 4) is 0 Å². The Balaban J connectivity index is 2.72. The first kappa shape index (κ1) is 17.2. The Labute approximate surface area is 125 Å². The van der Waals surface area contributed by atoms with Gasteiger partial charge in [-0.2, -0.15) is 0 Å². The molecule has 20 heavy (non-hydrogen) atoms. The van der Waals surface area contributed by atoms with Crippen molar-refractivity contribution >= 4 is 0 Å². The van der Waals surface area contributed by atoms with Crippen molar-refractivity contribution in [2.75, 3.05) is 6.54 Å². The molecule has 1 aromatic rings. The minimum absolute atomic E-state index is 0.574. The van der Waals surface area contributed by atoms with E-state index in [1.807, 2.05) is 6.20 Å². The van der Waals surface area contributed by atoms with Crippen LogP contribution in [0.3, 0.4) is 0 Å². The summed E-state index contributed by atoms with van der Waals surface area (Å²) in [5.41, 5.74) is 2.46. The van der Waals surface area contributed by atoms with Crippen molar-refractivity contribution in [3.63, 3.8) is 0 Å². The lowest BCUT2D eigenvalue weighted by atomic mass is 9.87. The van der Waals surface area contributed by atoms with E-state index in [4.69, 9.17) is 0 Å². The van der Waals surface area contributed by atoms with E-state index in [9.17, 15) is 0 Å². The topological polar surface area (TPSA) is 24.9 Å². The van der Waals surface area contributed by atoms with Crippen LogP contribution in [0.4, 0.5) is 0 Å². The number of aryl methyl sites for hydroxylation is 1. The molecule has 2 heteroatoms. The van der Waals surface area contributed by atoms with Crippen LogP contribution >= 0.6 is 0 Å². The molecule has 0 bridgehead atoms. The number of pyridine rings is 1. The molecule has 0 aliphatic rings. The third kappa shape index (κ3) is 6.04. The van der Waals surface area contributed by atoms with E-state index in [0.717, 1.165) is 18.9 Å². The first-order valence-electron chi connectivity index (χ1n) is 8.36. The minimum atomic E-state index is 0.574. The maximum Gasteiger partial charge on any atom is 0.0419 e. The Morgan fingerprint density at radius 2 is 1.75 bits per heavy atom. The van der Waals surface area contributed by atoms with Gasteiger partial charge in [-0.15, -0.1) is 0 Å². The molecule has 0 aromatic carbocycles. The Morgan fingerprint density at radius 3 is 2.25 bits per heavy atom. The van der Waals surface area contributed by atoms with Gasteiger partial charge in [0, 0.05) is 24.4 Å². The molecule has 0 aliphatic carbocycles. The monoisotopic (exact) mass is 276 g/mol. The fourth-order valence-corrected chi connectivity index (χ4v) is 2.87. The molecule has 0 spiro atoms. The second-order valence-electron chi connectivity index (χ2n) is 5.93. The number of nitrogens with zero attached hydrogens (tertiary/aromatic N) is 1. The lowest BCUT2D eigenvalue weighted by Crippen LogP contribution is -2.38. The van der Waals surface area contributed by atoms with Gasteiger partial charge >= 0.3 is 0 Å². The van der Waals surface area contributed by atoms with Crippen molar-refractivity contribution in [2.24, 2.45) is 5.92 Å². The van der Waals surface area contributed by atoms with E-state index in [0.29, 0.717) is 6.04 Å². The fraction of sp³-hybridized carbons (Fsp3) is 0.722. The summed E-state index contributed by atoms with van der Waals surface area (Å²) in [7, 11) is 0. The number of hydrogen-bond acceptors (Lipinski definition) is 2. The third-order valence-electron chi connectivity index (χ3n) is 3.95. The second kappa shape index (κ2) is 9.93. The first-order valence-corrected chi connectivity index (χ1v) is 8.36. The average Bonchev–Trinajstić information content (AvgIpc) is 2.45. The van der Waals surface area contributed by atoms with Crippen molar-refractivity contribution in [1.29, 1.82) is 0 Å². The highest BCUT2D eigenvalue weighted by Crippen LogP contribution is 2.20. The number of nitrogens with one attached hydrogen (secondary N) is 1. The molecule has 0 radical (unpaired) electrons. The molecule has 1 rings (SSSR count). The Kier molecular flexibility index (Phi) is 8.52. The predicted molar refractivity (Wildman–Crippen MR) is 88.1 cm³/mol. The van der Waals surface area contributed by atoms with E-state index >= 15 is 0 Å². The van der Waals surface area contributed by atoms with Gasteiger partial charge in [-0.3, -0.25) is 4.98 Å². The summed E-state index contributed by atoms with van der Waals surface area (Å²) in [5, 5.41) is 3.76. The van der Waals surface area contributed by atoms with Crippen LogP contribution in [-0.2, 0) is 6.42 Å². The molecule has 0 amide bonds. The Morgan fingerprint density at radius 1 is 1.05 bits per heavy atom.